The van der Waals surface area contributed by atoms with Crippen LogP contribution in [0.5, 0.6) is 0 Å². The van der Waals surface area contributed by atoms with Gasteiger partial charge in [0.25, 0.3) is 0 Å². The molecule has 1 N–H and O–H groups in total. The molecule has 0 saturated carbocycles. The van der Waals surface area contributed by atoms with Crippen LogP contribution in [0.2, 0.25) is 10.0 Å². The summed E-state index contributed by atoms with van der Waals surface area (Å²) >= 11 is 12.6. The number of rotatable bonds is 10. The van der Waals surface area contributed by atoms with Crippen LogP contribution in [0, 0.1) is 0 Å². The summed E-state index contributed by atoms with van der Waals surface area (Å²) in [6, 6.07) is 23.7. The van der Waals surface area contributed by atoms with Crippen LogP contribution in [0.1, 0.15) is 30.0 Å². The first-order valence-corrected chi connectivity index (χ1v) is 11.8. The standard InChI is InChI=1S/C27H28Cl2N2O2/c1-2-15-30-27(33)25(17-20-9-4-3-5-10-20)31(19-22-12-6-7-14-24(22)29)26(32)18-21-11-8-13-23(28)16-21/h3-14,16,25H,2,15,17-19H2,1H3,(H,30,33)/t25-/m0/s1. The first-order chi connectivity index (χ1) is 16.0. The first-order valence-electron chi connectivity index (χ1n) is 11.1. The van der Waals surface area contributed by atoms with E-state index in [1.54, 1.807) is 23.1 Å². The van der Waals surface area contributed by atoms with Crippen molar-refractivity contribution < 1.29 is 9.59 Å². The summed E-state index contributed by atoms with van der Waals surface area (Å²) in [5, 5.41) is 4.10. The summed E-state index contributed by atoms with van der Waals surface area (Å²) in [6.07, 6.45) is 1.35. The fourth-order valence-corrected chi connectivity index (χ4v) is 4.06. The van der Waals surface area contributed by atoms with Crippen LogP contribution in [0.15, 0.2) is 78.9 Å². The van der Waals surface area contributed by atoms with Gasteiger partial charge in [0.2, 0.25) is 11.8 Å². The number of amides is 2. The molecule has 4 nitrogen and oxygen atoms in total. The number of nitrogens with one attached hydrogen (secondary N) is 1. The molecule has 0 fully saturated rings. The Balaban J connectivity index is 1.96. The molecular formula is C27H28Cl2N2O2. The highest BCUT2D eigenvalue weighted by molar-refractivity contribution is 6.31. The lowest BCUT2D eigenvalue weighted by Crippen LogP contribution is -2.51. The van der Waals surface area contributed by atoms with E-state index in [0.717, 1.165) is 23.1 Å². The molecule has 3 aromatic carbocycles. The molecule has 0 aromatic heterocycles. The first kappa shape index (κ1) is 24.8. The minimum Gasteiger partial charge on any atom is -0.354 e. The highest BCUT2D eigenvalue weighted by atomic mass is 35.5. The molecule has 0 aliphatic rings. The van der Waals surface area contributed by atoms with Crippen molar-refractivity contribution in [1.82, 2.24) is 10.2 Å². The van der Waals surface area contributed by atoms with Crippen molar-refractivity contribution in [3.05, 3.63) is 106 Å². The third kappa shape index (κ3) is 7.34. The second-order valence-electron chi connectivity index (χ2n) is 7.92. The molecule has 33 heavy (non-hydrogen) atoms. The highest BCUT2D eigenvalue weighted by Crippen LogP contribution is 2.22. The second-order valence-corrected chi connectivity index (χ2v) is 8.76. The van der Waals surface area contributed by atoms with E-state index in [1.165, 1.54) is 0 Å². The van der Waals surface area contributed by atoms with E-state index in [-0.39, 0.29) is 24.8 Å². The summed E-state index contributed by atoms with van der Waals surface area (Å²) in [5.74, 6) is -0.336. The van der Waals surface area contributed by atoms with E-state index in [9.17, 15) is 9.59 Å². The van der Waals surface area contributed by atoms with Crippen LogP contribution in [0.25, 0.3) is 0 Å². The summed E-state index contributed by atoms with van der Waals surface area (Å²) in [6.45, 7) is 2.78. The Morgan fingerprint density at radius 1 is 0.909 bits per heavy atom. The molecule has 0 saturated heterocycles. The average Bonchev–Trinajstić information content (AvgIpc) is 2.81. The summed E-state index contributed by atoms with van der Waals surface area (Å²) < 4.78 is 0. The van der Waals surface area contributed by atoms with Gasteiger partial charge < -0.3 is 10.2 Å². The topological polar surface area (TPSA) is 49.4 Å². The van der Waals surface area contributed by atoms with Gasteiger partial charge >= 0.3 is 0 Å². The molecule has 3 aromatic rings. The lowest BCUT2D eigenvalue weighted by molar-refractivity contribution is -0.140. The molecule has 2 amide bonds. The van der Waals surface area contributed by atoms with Crippen LogP contribution in [0.3, 0.4) is 0 Å². The number of benzene rings is 3. The van der Waals surface area contributed by atoms with Gasteiger partial charge in [-0.1, -0.05) is 90.8 Å². The minimum absolute atomic E-state index is 0.136. The Bertz CT molecular complexity index is 1070. The predicted octanol–water partition coefficient (Wildman–Crippen LogP) is 5.70. The smallest absolute Gasteiger partial charge is 0.243 e. The van der Waals surface area contributed by atoms with Gasteiger partial charge in [-0.15, -0.1) is 0 Å². The largest absolute Gasteiger partial charge is 0.354 e. The van der Waals surface area contributed by atoms with Crippen molar-refractivity contribution in [3.8, 4) is 0 Å². The number of halogens is 2. The monoisotopic (exact) mass is 482 g/mol. The Labute approximate surface area is 205 Å². The quantitative estimate of drug-likeness (QED) is 0.402. The molecule has 0 bridgehead atoms. The van der Waals surface area contributed by atoms with E-state index < -0.39 is 6.04 Å². The van der Waals surface area contributed by atoms with Crippen molar-refractivity contribution in [2.24, 2.45) is 0 Å². The number of hydrogen-bond donors (Lipinski definition) is 1. The average molecular weight is 483 g/mol. The molecule has 0 spiro atoms. The van der Waals surface area contributed by atoms with Gasteiger partial charge in [0, 0.05) is 29.6 Å². The van der Waals surface area contributed by atoms with Gasteiger partial charge in [-0.05, 0) is 41.3 Å². The highest BCUT2D eigenvalue weighted by Gasteiger charge is 2.30. The van der Waals surface area contributed by atoms with Gasteiger partial charge in [-0.3, -0.25) is 9.59 Å². The molecule has 0 heterocycles. The van der Waals surface area contributed by atoms with E-state index in [2.05, 4.69) is 5.32 Å². The lowest BCUT2D eigenvalue weighted by atomic mass is 10.0. The van der Waals surface area contributed by atoms with Crippen LogP contribution in [-0.2, 0) is 29.0 Å². The fraction of sp³-hybridized carbons (Fsp3) is 0.259. The van der Waals surface area contributed by atoms with Crippen molar-refractivity contribution in [1.29, 1.82) is 0 Å². The van der Waals surface area contributed by atoms with Gasteiger partial charge in [0.15, 0.2) is 0 Å². The Morgan fingerprint density at radius 3 is 2.30 bits per heavy atom. The van der Waals surface area contributed by atoms with Crippen LogP contribution < -0.4 is 5.32 Å². The third-order valence-corrected chi connectivity index (χ3v) is 5.97. The van der Waals surface area contributed by atoms with Gasteiger partial charge in [-0.2, -0.15) is 0 Å². The van der Waals surface area contributed by atoms with Crippen molar-refractivity contribution >= 4 is 35.0 Å². The molecule has 0 unspecified atom stereocenters. The van der Waals surface area contributed by atoms with E-state index in [0.29, 0.717) is 23.0 Å². The Kier molecular flexibility index (Phi) is 9.35. The van der Waals surface area contributed by atoms with E-state index in [4.69, 9.17) is 23.2 Å². The van der Waals surface area contributed by atoms with Gasteiger partial charge in [0.1, 0.15) is 6.04 Å². The summed E-state index contributed by atoms with van der Waals surface area (Å²) in [4.78, 5) is 28.5. The van der Waals surface area contributed by atoms with E-state index in [1.807, 2.05) is 67.6 Å². The number of carbonyl (C=O) groups excluding carboxylic acids is 2. The summed E-state index contributed by atoms with van der Waals surface area (Å²) in [7, 11) is 0. The van der Waals surface area contributed by atoms with Crippen molar-refractivity contribution in [2.45, 2.75) is 38.8 Å². The number of hydrogen-bond acceptors (Lipinski definition) is 2. The zero-order chi connectivity index (χ0) is 23.6. The lowest BCUT2D eigenvalue weighted by Gasteiger charge is -2.32. The predicted molar refractivity (Wildman–Crippen MR) is 134 cm³/mol. The summed E-state index contributed by atoms with van der Waals surface area (Å²) in [5.41, 5.74) is 2.57. The molecule has 1 atom stereocenters. The van der Waals surface area contributed by atoms with Crippen molar-refractivity contribution in [3.63, 3.8) is 0 Å². The van der Waals surface area contributed by atoms with Crippen LogP contribution >= 0.6 is 23.2 Å². The zero-order valence-electron chi connectivity index (χ0n) is 18.6. The van der Waals surface area contributed by atoms with Crippen LogP contribution in [0.4, 0.5) is 0 Å². The van der Waals surface area contributed by atoms with Crippen molar-refractivity contribution in [2.75, 3.05) is 6.54 Å². The normalized spacial score (nSPS) is 11.6. The maximum Gasteiger partial charge on any atom is 0.243 e. The third-order valence-electron chi connectivity index (χ3n) is 5.36. The fourth-order valence-electron chi connectivity index (χ4n) is 3.65. The zero-order valence-corrected chi connectivity index (χ0v) is 20.1. The second kappa shape index (κ2) is 12.4. The maximum absolute atomic E-state index is 13.6. The van der Waals surface area contributed by atoms with Gasteiger partial charge in [0.05, 0.1) is 6.42 Å². The molecule has 0 aliphatic heterocycles. The number of carbonyl (C=O) groups is 2. The number of nitrogens with zero attached hydrogens (tertiary/aromatic N) is 1. The molecular weight excluding hydrogens is 455 g/mol. The Hall–Kier alpha value is -2.82. The SMILES string of the molecule is CCCNC(=O)[C@H](Cc1ccccc1)N(Cc1ccccc1Cl)C(=O)Cc1cccc(Cl)c1. The van der Waals surface area contributed by atoms with Crippen LogP contribution in [-0.4, -0.2) is 29.3 Å². The molecule has 6 heteroatoms. The molecule has 172 valence electrons. The van der Waals surface area contributed by atoms with Gasteiger partial charge in [-0.25, -0.2) is 0 Å². The molecule has 3 rings (SSSR count). The minimum atomic E-state index is -0.679. The Morgan fingerprint density at radius 2 is 1.61 bits per heavy atom. The molecule has 0 aliphatic carbocycles. The van der Waals surface area contributed by atoms with E-state index >= 15 is 0 Å². The maximum atomic E-state index is 13.6. The molecule has 0 radical (unpaired) electrons.